The molecule has 0 spiro atoms. The van der Waals surface area contributed by atoms with Gasteiger partial charge in [0.05, 0.1) is 6.61 Å². The molecule has 0 amide bonds. The van der Waals surface area contributed by atoms with Crippen molar-refractivity contribution in [2.24, 2.45) is 0 Å². The van der Waals surface area contributed by atoms with Crippen LogP contribution in [0.25, 0.3) is 0 Å². The molecule has 0 unspecified atom stereocenters. The highest BCUT2D eigenvalue weighted by molar-refractivity contribution is 5.33. The van der Waals surface area contributed by atoms with Gasteiger partial charge in [0.25, 0.3) is 0 Å². The summed E-state index contributed by atoms with van der Waals surface area (Å²) >= 11 is 0. The molecule has 1 fully saturated rings. The minimum Gasteiger partial charge on any atom is -0.493 e. The molecule has 0 bridgehead atoms. The molecule has 1 aromatic rings. The molecular formula is C17H29N3O. The van der Waals surface area contributed by atoms with Gasteiger partial charge in [-0.3, -0.25) is 10.4 Å². The first-order valence-corrected chi connectivity index (χ1v) is 8.09. The van der Waals surface area contributed by atoms with Gasteiger partial charge in [0.1, 0.15) is 5.75 Å². The number of hydrogen-bond donors (Lipinski definition) is 1. The van der Waals surface area contributed by atoms with Crippen molar-refractivity contribution >= 4 is 0 Å². The van der Waals surface area contributed by atoms with E-state index in [2.05, 4.69) is 28.5 Å². The molecule has 4 nitrogen and oxygen atoms in total. The maximum Gasteiger partial charge on any atom is 0.123 e. The summed E-state index contributed by atoms with van der Waals surface area (Å²) < 4.78 is 5.98. The molecule has 2 rings (SSSR count). The number of nitrogens with zero attached hydrogens (tertiary/aromatic N) is 2. The maximum absolute atomic E-state index is 5.98. The van der Waals surface area contributed by atoms with Crippen LogP contribution in [0.3, 0.4) is 0 Å². The van der Waals surface area contributed by atoms with E-state index in [9.17, 15) is 0 Å². The fourth-order valence-corrected chi connectivity index (χ4v) is 2.69. The number of likely N-dealkylation sites (tertiary alicyclic amines) is 1. The van der Waals surface area contributed by atoms with Crippen molar-refractivity contribution in [1.29, 1.82) is 0 Å². The Hall–Kier alpha value is -1.10. The van der Waals surface area contributed by atoms with Crippen LogP contribution in [0.15, 0.2) is 24.3 Å². The zero-order valence-corrected chi connectivity index (χ0v) is 13.5. The van der Waals surface area contributed by atoms with Gasteiger partial charge in [0.15, 0.2) is 0 Å². The number of rotatable bonds is 8. The minimum absolute atomic E-state index is 0.801. The molecule has 0 aliphatic carbocycles. The summed E-state index contributed by atoms with van der Waals surface area (Å²) in [5.74, 6) is 1.01. The third-order valence-corrected chi connectivity index (χ3v) is 3.88. The summed E-state index contributed by atoms with van der Waals surface area (Å²) in [6.45, 7) is 5.30. The lowest BCUT2D eigenvalue weighted by atomic mass is 10.1. The van der Waals surface area contributed by atoms with Crippen molar-refractivity contribution in [3.8, 4) is 5.75 Å². The van der Waals surface area contributed by atoms with Gasteiger partial charge < -0.3 is 9.64 Å². The Balaban J connectivity index is 1.71. The monoisotopic (exact) mass is 291 g/mol. The molecule has 1 saturated heterocycles. The molecule has 1 N–H and O–H groups in total. The topological polar surface area (TPSA) is 27.7 Å². The van der Waals surface area contributed by atoms with Crippen LogP contribution < -0.4 is 10.2 Å². The number of ether oxygens (including phenoxy) is 1. The largest absolute Gasteiger partial charge is 0.493 e. The molecule has 0 saturated carbocycles. The molecule has 118 valence electrons. The molecule has 1 aliphatic rings. The third-order valence-electron chi connectivity index (χ3n) is 3.88. The Morgan fingerprint density at radius 2 is 1.90 bits per heavy atom. The second-order valence-corrected chi connectivity index (χ2v) is 5.94. The van der Waals surface area contributed by atoms with Gasteiger partial charge in [-0.2, -0.15) is 0 Å². The van der Waals surface area contributed by atoms with Gasteiger partial charge >= 0.3 is 0 Å². The van der Waals surface area contributed by atoms with Crippen LogP contribution >= 0.6 is 0 Å². The van der Waals surface area contributed by atoms with E-state index in [1.54, 1.807) is 0 Å². The van der Waals surface area contributed by atoms with E-state index < -0.39 is 0 Å². The molecule has 1 heterocycles. The van der Waals surface area contributed by atoms with E-state index in [0.29, 0.717) is 0 Å². The van der Waals surface area contributed by atoms with Crippen LogP contribution in [0.5, 0.6) is 5.75 Å². The standard InChI is InChI=1S/C17H29N3O/c1-19(2)18-15-16-9-4-5-10-17(16)21-14-8-13-20-11-6-3-7-12-20/h4-5,9-10,18H,3,6-8,11-15H2,1-2H3. The molecule has 0 aromatic heterocycles. The summed E-state index contributed by atoms with van der Waals surface area (Å²) in [6, 6.07) is 8.29. The summed E-state index contributed by atoms with van der Waals surface area (Å²) in [5, 5.41) is 1.97. The molecule has 1 aliphatic heterocycles. The second kappa shape index (κ2) is 9.03. The highest BCUT2D eigenvalue weighted by Gasteiger charge is 2.09. The normalized spacial score (nSPS) is 16.3. The summed E-state index contributed by atoms with van der Waals surface area (Å²) in [4.78, 5) is 2.56. The number of para-hydroxylation sites is 1. The first kappa shape index (κ1) is 16.3. The van der Waals surface area contributed by atoms with E-state index in [1.165, 1.54) is 37.9 Å². The first-order chi connectivity index (χ1) is 10.3. The van der Waals surface area contributed by atoms with Crippen LogP contribution in [-0.2, 0) is 6.54 Å². The van der Waals surface area contributed by atoms with Gasteiger partial charge in [-0.25, -0.2) is 0 Å². The highest BCUT2D eigenvalue weighted by atomic mass is 16.5. The van der Waals surface area contributed by atoms with Crippen molar-refractivity contribution in [3.63, 3.8) is 0 Å². The van der Waals surface area contributed by atoms with Crippen molar-refractivity contribution in [2.45, 2.75) is 32.2 Å². The van der Waals surface area contributed by atoms with Crippen LogP contribution in [0.1, 0.15) is 31.2 Å². The van der Waals surface area contributed by atoms with Gasteiger partial charge in [-0.15, -0.1) is 0 Å². The minimum atomic E-state index is 0.801. The van der Waals surface area contributed by atoms with Gasteiger partial charge in [0, 0.05) is 32.7 Å². The molecule has 21 heavy (non-hydrogen) atoms. The van der Waals surface area contributed by atoms with E-state index >= 15 is 0 Å². The number of nitrogens with one attached hydrogen (secondary N) is 1. The Labute approximate surface area is 129 Å². The third kappa shape index (κ3) is 6.04. The van der Waals surface area contributed by atoms with Crippen LogP contribution in [-0.4, -0.2) is 50.2 Å². The van der Waals surface area contributed by atoms with E-state index in [1.807, 2.05) is 25.2 Å². The predicted molar refractivity (Wildman–Crippen MR) is 87.4 cm³/mol. The fourth-order valence-electron chi connectivity index (χ4n) is 2.69. The number of piperidine rings is 1. The molecule has 0 atom stereocenters. The van der Waals surface area contributed by atoms with Crippen LogP contribution in [0.4, 0.5) is 0 Å². The molecular weight excluding hydrogens is 262 g/mol. The van der Waals surface area contributed by atoms with Crippen LogP contribution in [0, 0.1) is 0 Å². The second-order valence-electron chi connectivity index (χ2n) is 5.94. The van der Waals surface area contributed by atoms with Crippen molar-refractivity contribution in [3.05, 3.63) is 29.8 Å². The SMILES string of the molecule is CN(C)NCc1ccccc1OCCCN1CCCCC1. The van der Waals surface area contributed by atoms with Gasteiger partial charge in [-0.05, 0) is 38.4 Å². The lowest BCUT2D eigenvalue weighted by molar-refractivity contribution is 0.204. The summed E-state index contributed by atoms with van der Waals surface area (Å²) in [7, 11) is 4.00. The Bertz CT molecular complexity index is 403. The van der Waals surface area contributed by atoms with Gasteiger partial charge in [0.2, 0.25) is 0 Å². The quantitative estimate of drug-likeness (QED) is 0.588. The van der Waals surface area contributed by atoms with Gasteiger partial charge in [-0.1, -0.05) is 24.6 Å². The highest BCUT2D eigenvalue weighted by Crippen LogP contribution is 2.18. The van der Waals surface area contributed by atoms with Crippen molar-refractivity contribution < 1.29 is 4.74 Å². The zero-order chi connectivity index (χ0) is 14.9. The lowest BCUT2D eigenvalue weighted by Gasteiger charge is -2.26. The molecule has 1 aromatic carbocycles. The fraction of sp³-hybridized carbons (Fsp3) is 0.647. The van der Waals surface area contributed by atoms with E-state index in [-0.39, 0.29) is 0 Å². The van der Waals surface area contributed by atoms with E-state index in [0.717, 1.165) is 31.9 Å². The Morgan fingerprint density at radius 1 is 1.14 bits per heavy atom. The van der Waals surface area contributed by atoms with Crippen molar-refractivity contribution in [2.75, 3.05) is 40.3 Å². The lowest BCUT2D eigenvalue weighted by Crippen LogP contribution is -2.31. The average Bonchev–Trinajstić information content (AvgIpc) is 2.51. The number of hydrazine groups is 1. The van der Waals surface area contributed by atoms with Crippen LogP contribution in [0.2, 0.25) is 0 Å². The summed E-state index contributed by atoms with van der Waals surface area (Å²) in [5.41, 5.74) is 4.50. The smallest absolute Gasteiger partial charge is 0.123 e. The van der Waals surface area contributed by atoms with Crippen molar-refractivity contribution in [1.82, 2.24) is 15.3 Å². The number of hydrogen-bond acceptors (Lipinski definition) is 4. The Morgan fingerprint density at radius 3 is 2.67 bits per heavy atom. The predicted octanol–water partition coefficient (Wildman–Crippen LogP) is 2.51. The average molecular weight is 291 g/mol. The van der Waals surface area contributed by atoms with E-state index in [4.69, 9.17) is 4.74 Å². The molecule has 4 heteroatoms. The molecule has 0 radical (unpaired) electrons. The first-order valence-electron chi connectivity index (χ1n) is 8.09. The zero-order valence-electron chi connectivity index (χ0n) is 13.5. The Kier molecular flexibility index (Phi) is 7.00. The maximum atomic E-state index is 5.98. The summed E-state index contributed by atoms with van der Waals surface area (Å²) in [6.07, 6.45) is 5.23. The number of benzene rings is 1.